The molecule has 0 aliphatic heterocycles. The monoisotopic (exact) mass is 1100 g/mol. The second-order valence-electron chi connectivity index (χ2n) is 22.0. The maximum Gasteiger partial charge on any atom is 0.310 e. The van der Waals surface area contributed by atoms with Crippen LogP contribution in [0.5, 0.6) is 0 Å². The van der Waals surface area contributed by atoms with Gasteiger partial charge in [0.2, 0.25) is 0 Å². The molecule has 452 valence electrons. The van der Waals surface area contributed by atoms with Crippen LogP contribution in [0.25, 0.3) is 0 Å². The second-order valence-corrected chi connectivity index (χ2v) is 22.0. The zero-order valence-corrected chi connectivity index (χ0v) is 51.9. The molecule has 0 bridgehead atoms. The molecule has 0 fully saturated rings. The number of rotatable bonds is 60. The Kier molecular flexibility index (Phi) is 63.3. The molecule has 0 spiro atoms. The third kappa shape index (κ3) is 64.8. The summed E-state index contributed by atoms with van der Waals surface area (Å²) in [6, 6.07) is 0. The maximum absolute atomic E-state index is 12.8. The number of carbonyl (C=O) groups excluding carboxylic acids is 3. The molecule has 0 saturated heterocycles. The van der Waals surface area contributed by atoms with Gasteiger partial charge in [-0.05, 0) is 103 Å². The van der Waals surface area contributed by atoms with Gasteiger partial charge in [0.25, 0.3) is 0 Å². The third-order valence-electron chi connectivity index (χ3n) is 14.3. The van der Waals surface area contributed by atoms with E-state index in [2.05, 4.69) is 118 Å². The molecule has 0 saturated carbocycles. The van der Waals surface area contributed by atoms with E-state index < -0.39 is 12.1 Å². The summed E-state index contributed by atoms with van der Waals surface area (Å²) >= 11 is 0. The van der Waals surface area contributed by atoms with Crippen molar-refractivity contribution < 1.29 is 28.6 Å². The van der Waals surface area contributed by atoms with E-state index in [1.165, 1.54) is 180 Å². The van der Waals surface area contributed by atoms with Crippen LogP contribution in [0.2, 0.25) is 0 Å². The molecule has 6 nitrogen and oxygen atoms in total. The van der Waals surface area contributed by atoms with Gasteiger partial charge in [0.15, 0.2) is 6.10 Å². The lowest BCUT2D eigenvalue weighted by Gasteiger charge is -2.18. The zero-order valence-electron chi connectivity index (χ0n) is 51.9. The zero-order chi connectivity index (χ0) is 57.1. The Labute approximate surface area is 489 Å². The molecule has 0 heterocycles. The minimum atomic E-state index is -0.846. The number of unbranched alkanes of at least 4 members (excludes halogenated alkanes) is 32. The summed E-state index contributed by atoms with van der Waals surface area (Å²) in [6.07, 6.45) is 91.7. The van der Waals surface area contributed by atoms with Crippen LogP contribution in [-0.4, -0.2) is 37.2 Å². The van der Waals surface area contributed by atoms with Crippen LogP contribution in [0.15, 0.2) is 109 Å². The summed E-state index contributed by atoms with van der Waals surface area (Å²) in [5.41, 5.74) is 0. The Morgan fingerprint density at radius 1 is 0.278 bits per heavy atom. The van der Waals surface area contributed by atoms with Gasteiger partial charge in [0, 0.05) is 12.8 Å². The minimum absolute atomic E-state index is 0.0889. The van der Waals surface area contributed by atoms with Crippen molar-refractivity contribution in [3.63, 3.8) is 0 Å². The fourth-order valence-electron chi connectivity index (χ4n) is 9.35. The highest BCUT2D eigenvalue weighted by atomic mass is 16.6. The second kappa shape index (κ2) is 66.6. The summed E-state index contributed by atoms with van der Waals surface area (Å²) < 4.78 is 16.8. The quantitative estimate of drug-likeness (QED) is 0.0261. The largest absolute Gasteiger partial charge is 0.462 e. The SMILES string of the molecule is CC/C=C\C/C=C\C/C=C\C/C=C\C/C=C\CC(=O)OC(COC(=O)CCCCC/C=C\C/C=C\C/C=C\CC)COC(=O)CCCCCCCCCCCCCCCCCCCCCCC/C=C\CCCCCCCCCC. The number of hydrogen-bond donors (Lipinski definition) is 0. The molecule has 0 aromatic rings. The van der Waals surface area contributed by atoms with Crippen LogP contribution in [0.1, 0.15) is 316 Å². The molecule has 1 unspecified atom stereocenters. The molecule has 0 aromatic carbocycles. The Morgan fingerprint density at radius 3 is 0.861 bits per heavy atom. The highest BCUT2D eigenvalue weighted by molar-refractivity contribution is 5.72. The van der Waals surface area contributed by atoms with Crippen molar-refractivity contribution in [1.29, 1.82) is 0 Å². The lowest BCUT2D eigenvalue weighted by atomic mass is 10.0. The van der Waals surface area contributed by atoms with Crippen LogP contribution in [-0.2, 0) is 28.6 Å². The molecule has 0 aliphatic rings. The van der Waals surface area contributed by atoms with E-state index in [0.717, 1.165) is 89.9 Å². The van der Waals surface area contributed by atoms with Gasteiger partial charge in [-0.15, -0.1) is 0 Å². The van der Waals surface area contributed by atoms with Crippen molar-refractivity contribution in [1.82, 2.24) is 0 Å². The first-order valence-electron chi connectivity index (χ1n) is 33.4. The maximum atomic E-state index is 12.8. The smallest absolute Gasteiger partial charge is 0.310 e. The number of carbonyl (C=O) groups is 3. The first kappa shape index (κ1) is 75.1. The van der Waals surface area contributed by atoms with Crippen LogP contribution < -0.4 is 0 Å². The Bertz CT molecular complexity index is 1590. The average Bonchev–Trinajstić information content (AvgIpc) is 3.45. The molecular weight excluding hydrogens is 973 g/mol. The first-order valence-corrected chi connectivity index (χ1v) is 33.4. The Hall–Kier alpha value is -3.93. The Morgan fingerprint density at radius 2 is 0.532 bits per heavy atom. The van der Waals surface area contributed by atoms with Gasteiger partial charge in [-0.3, -0.25) is 14.4 Å². The fraction of sp³-hybridized carbons (Fsp3) is 0.712. The predicted molar refractivity (Wildman–Crippen MR) is 343 cm³/mol. The molecule has 0 rings (SSSR count). The van der Waals surface area contributed by atoms with Gasteiger partial charge in [-0.2, -0.15) is 0 Å². The summed E-state index contributed by atoms with van der Waals surface area (Å²) in [7, 11) is 0. The van der Waals surface area contributed by atoms with E-state index in [1.54, 1.807) is 6.08 Å². The topological polar surface area (TPSA) is 78.9 Å². The van der Waals surface area contributed by atoms with E-state index in [1.807, 2.05) is 6.08 Å². The van der Waals surface area contributed by atoms with Gasteiger partial charge in [0.1, 0.15) is 13.2 Å². The van der Waals surface area contributed by atoms with E-state index in [-0.39, 0.29) is 31.6 Å². The Balaban J connectivity index is 4.19. The number of ether oxygens (including phenoxy) is 3. The molecule has 6 heteroatoms. The van der Waals surface area contributed by atoms with Gasteiger partial charge < -0.3 is 14.2 Å². The van der Waals surface area contributed by atoms with E-state index >= 15 is 0 Å². The molecule has 0 aliphatic carbocycles. The van der Waals surface area contributed by atoms with Gasteiger partial charge >= 0.3 is 17.9 Å². The minimum Gasteiger partial charge on any atom is -0.462 e. The van der Waals surface area contributed by atoms with Crippen LogP contribution in [0.3, 0.4) is 0 Å². The highest BCUT2D eigenvalue weighted by Gasteiger charge is 2.19. The summed E-state index contributed by atoms with van der Waals surface area (Å²) in [6.45, 7) is 6.32. The van der Waals surface area contributed by atoms with Gasteiger partial charge in [-0.25, -0.2) is 0 Å². The van der Waals surface area contributed by atoms with E-state index in [0.29, 0.717) is 19.3 Å². The summed E-state index contributed by atoms with van der Waals surface area (Å²) in [5.74, 6) is -1.08. The first-order chi connectivity index (χ1) is 39.0. The molecule has 0 amide bonds. The summed E-state index contributed by atoms with van der Waals surface area (Å²) in [5, 5.41) is 0. The van der Waals surface area contributed by atoms with Crippen LogP contribution >= 0.6 is 0 Å². The van der Waals surface area contributed by atoms with Crippen molar-refractivity contribution in [3.8, 4) is 0 Å². The lowest BCUT2D eigenvalue weighted by Crippen LogP contribution is -2.30. The standard InChI is InChI=1S/C73H124O6/c1-4-7-10-13-16-19-22-25-27-28-29-30-31-32-33-34-35-36-37-38-39-40-41-42-43-44-46-48-51-54-57-60-63-66-72(75)78-69-70(68-77-71(74)65-62-59-56-53-50-47-24-21-18-15-12-9-6-3)79-73(76)67-64-61-58-55-52-49-45-26-23-20-17-14-11-8-5-2/h8-9,11-12,17-18,20-21,26,28-29,45,47,50,52,55,61,64,70H,4-7,10,13-16,19,22-25,27,30-44,46,48-49,51,53-54,56-60,62-63,65-69H2,1-3H3/b11-8-,12-9-,20-17-,21-18-,29-28-,45-26-,50-47-,55-52-,64-61-. The number of hydrogen-bond acceptors (Lipinski definition) is 6. The number of esters is 3. The number of allylic oxidation sites excluding steroid dienone is 17. The van der Waals surface area contributed by atoms with Crippen molar-refractivity contribution >= 4 is 17.9 Å². The molecule has 1 atom stereocenters. The molecule has 0 N–H and O–H groups in total. The van der Waals surface area contributed by atoms with E-state index in [4.69, 9.17) is 14.2 Å². The molecule has 0 aromatic heterocycles. The lowest BCUT2D eigenvalue weighted by molar-refractivity contribution is -0.166. The average molecular weight is 1100 g/mol. The van der Waals surface area contributed by atoms with E-state index in [9.17, 15) is 14.4 Å². The summed E-state index contributed by atoms with van der Waals surface area (Å²) in [4.78, 5) is 38.2. The molecule has 0 radical (unpaired) electrons. The van der Waals surface area contributed by atoms with Crippen molar-refractivity contribution in [3.05, 3.63) is 109 Å². The van der Waals surface area contributed by atoms with Crippen molar-refractivity contribution in [2.24, 2.45) is 0 Å². The van der Waals surface area contributed by atoms with Crippen molar-refractivity contribution in [2.45, 2.75) is 322 Å². The molecular formula is C73H124O6. The van der Waals surface area contributed by atoms with Crippen molar-refractivity contribution in [2.75, 3.05) is 13.2 Å². The highest BCUT2D eigenvalue weighted by Crippen LogP contribution is 2.17. The predicted octanol–water partition coefficient (Wildman–Crippen LogP) is 23.0. The third-order valence-corrected chi connectivity index (χ3v) is 14.3. The van der Waals surface area contributed by atoms with Crippen LogP contribution in [0.4, 0.5) is 0 Å². The molecule has 79 heavy (non-hydrogen) atoms. The fourth-order valence-corrected chi connectivity index (χ4v) is 9.35. The van der Waals surface area contributed by atoms with Gasteiger partial charge in [0.05, 0.1) is 6.42 Å². The normalized spacial score (nSPS) is 12.8. The van der Waals surface area contributed by atoms with Gasteiger partial charge in [-0.1, -0.05) is 304 Å². The van der Waals surface area contributed by atoms with Crippen LogP contribution in [0, 0.1) is 0 Å².